The first-order valence-corrected chi connectivity index (χ1v) is 13.1. The van der Waals surface area contributed by atoms with Crippen LogP contribution in [0.1, 0.15) is 44.2 Å². The molecule has 3 aromatic carbocycles. The van der Waals surface area contributed by atoms with Crippen LogP contribution in [0.25, 0.3) is 11.0 Å². The molecule has 0 spiro atoms. The summed E-state index contributed by atoms with van der Waals surface area (Å²) < 4.78 is 1.47. The summed E-state index contributed by atoms with van der Waals surface area (Å²) in [6.45, 7) is 1.18. The molecule has 4 aromatic rings. The lowest BCUT2D eigenvalue weighted by Gasteiger charge is -2.32. The van der Waals surface area contributed by atoms with Gasteiger partial charge in [0.1, 0.15) is 18.1 Å². The first kappa shape index (κ1) is 26.7. The van der Waals surface area contributed by atoms with Gasteiger partial charge in [-0.3, -0.25) is 19.3 Å². The molecule has 11 nitrogen and oxygen atoms in total. The Morgan fingerprint density at radius 3 is 2.42 bits per heavy atom. The van der Waals surface area contributed by atoms with Crippen molar-refractivity contribution in [1.82, 2.24) is 20.3 Å². The second-order valence-electron chi connectivity index (χ2n) is 9.87. The van der Waals surface area contributed by atoms with E-state index in [0.717, 1.165) is 25.7 Å². The van der Waals surface area contributed by atoms with Gasteiger partial charge in [-0.1, -0.05) is 36.3 Å². The number of nitrogens with zero attached hydrogens (tertiary/aromatic N) is 4. The maximum Gasteiger partial charge on any atom is 0.249 e. The Labute approximate surface area is 230 Å². The van der Waals surface area contributed by atoms with Crippen molar-refractivity contribution in [2.24, 2.45) is 0 Å². The van der Waals surface area contributed by atoms with E-state index in [2.05, 4.69) is 20.9 Å². The smallest absolute Gasteiger partial charge is 0.249 e. The third-order valence-corrected chi connectivity index (χ3v) is 6.96. The van der Waals surface area contributed by atoms with Gasteiger partial charge >= 0.3 is 0 Å². The lowest BCUT2D eigenvalue weighted by atomic mass is 10.0. The fourth-order valence-corrected chi connectivity index (χ4v) is 5.06. The molecule has 1 fully saturated rings. The van der Waals surface area contributed by atoms with Gasteiger partial charge in [-0.2, -0.15) is 0 Å². The SMILES string of the molecule is CC(=O)Nc1ccc(N(C(=O)Cn2nnc3ccccc32)[C@@H](C(=O)NC2CCCC2)c2ccc(O)c(O)c2)cc1. The Bertz CT molecular complexity index is 1540. The molecule has 11 heteroatoms. The highest BCUT2D eigenvalue weighted by Gasteiger charge is 2.35. The molecule has 0 saturated heterocycles. The molecule has 0 aliphatic heterocycles. The van der Waals surface area contributed by atoms with Crippen molar-refractivity contribution in [2.45, 2.75) is 51.2 Å². The van der Waals surface area contributed by atoms with Crippen LogP contribution in [-0.4, -0.2) is 49.0 Å². The van der Waals surface area contributed by atoms with Crippen LogP contribution < -0.4 is 15.5 Å². The van der Waals surface area contributed by atoms with E-state index in [4.69, 9.17) is 0 Å². The molecule has 1 aliphatic carbocycles. The predicted octanol–water partition coefficient (Wildman–Crippen LogP) is 3.63. The van der Waals surface area contributed by atoms with Gasteiger partial charge in [0, 0.05) is 24.3 Å². The highest BCUT2D eigenvalue weighted by atomic mass is 16.3. The van der Waals surface area contributed by atoms with E-state index in [1.807, 2.05) is 12.1 Å². The largest absolute Gasteiger partial charge is 0.504 e. The number of carbonyl (C=O) groups is 3. The maximum absolute atomic E-state index is 14.1. The number of aromatic hydroxyl groups is 2. The van der Waals surface area contributed by atoms with Gasteiger partial charge in [0.2, 0.25) is 17.7 Å². The summed E-state index contributed by atoms with van der Waals surface area (Å²) in [5.41, 5.74) is 2.52. The molecule has 40 heavy (non-hydrogen) atoms. The first-order valence-electron chi connectivity index (χ1n) is 13.1. The molecular weight excluding hydrogens is 512 g/mol. The number of carbonyl (C=O) groups excluding carboxylic acids is 3. The van der Waals surface area contributed by atoms with Crippen LogP contribution in [0.3, 0.4) is 0 Å². The lowest BCUT2D eigenvalue weighted by Crippen LogP contribution is -2.47. The number of anilines is 2. The zero-order valence-corrected chi connectivity index (χ0v) is 21.9. The third kappa shape index (κ3) is 5.73. The van der Waals surface area contributed by atoms with Gasteiger partial charge in [0.15, 0.2) is 11.5 Å². The number of fused-ring (bicyclic) bond motifs is 1. The van der Waals surface area contributed by atoms with Crippen LogP contribution in [0.2, 0.25) is 0 Å². The molecule has 1 atom stereocenters. The highest BCUT2D eigenvalue weighted by Crippen LogP contribution is 2.34. The average Bonchev–Trinajstić information content (AvgIpc) is 3.59. The lowest BCUT2D eigenvalue weighted by molar-refractivity contribution is -0.127. The van der Waals surface area contributed by atoms with E-state index >= 15 is 0 Å². The van der Waals surface area contributed by atoms with Crippen LogP contribution in [0.4, 0.5) is 11.4 Å². The number of phenolic OH excluding ortho intramolecular Hbond substituents is 2. The summed E-state index contributed by atoms with van der Waals surface area (Å²) in [7, 11) is 0. The van der Waals surface area contributed by atoms with Gasteiger partial charge in [0.25, 0.3) is 0 Å². The second kappa shape index (κ2) is 11.4. The summed E-state index contributed by atoms with van der Waals surface area (Å²) >= 11 is 0. The molecule has 0 bridgehead atoms. The van der Waals surface area contributed by atoms with E-state index < -0.39 is 23.6 Å². The predicted molar refractivity (Wildman–Crippen MR) is 149 cm³/mol. The van der Waals surface area contributed by atoms with Crippen LogP contribution in [-0.2, 0) is 20.9 Å². The number of phenols is 2. The average molecular weight is 543 g/mol. The molecule has 1 heterocycles. The standard InChI is InChI=1S/C29H30N6O5/c1-18(36)30-21-11-13-22(14-12-21)35(27(39)17-34-24-9-5-4-8-23(24)32-33-34)28(19-10-15-25(37)26(38)16-19)29(40)31-20-6-2-3-7-20/h4-5,8-16,20,28,37-38H,2-3,6-7,17H2,1H3,(H,30,36)(H,31,40)/t28-/m1/s1. The van der Waals surface area contributed by atoms with Gasteiger partial charge in [0.05, 0.1) is 5.52 Å². The molecule has 0 radical (unpaired) electrons. The Morgan fingerprint density at radius 2 is 1.73 bits per heavy atom. The zero-order valence-electron chi connectivity index (χ0n) is 21.9. The quantitative estimate of drug-likeness (QED) is 0.248. The van der Waals surface area contributed by atoms with Gasteiger partial charge < -0.3 is 20.8 Å². The van der Waals surface area contributed by atoms with E-state index in [1.165, 1.54) is 34.7 Å². The van der Waals surface area contributed by atoms with E-state index in [1.54, 1.807) is 36.4 Å². The van der Waals surface area contributed by atoms with Crippen LogP contribution >= 0.6 is 0 Å². The minimum Gasteiger partial charge on any atom is -0.504 e. The summed E-state index contributed by atoms with van der Waals surface area (Å²) in [4.78, 5) is 40.9. The monoisotopic (exact) mass is 542 g/mol. The van der Waals surface area contributed by atoms with E-state index in [0.29, 0.717) is 28.0 Å². The van der Waals surface area contributed by atoms with Crippen LogP contribution in [0.15, 0.2) is 66.7 Å². The molecule has 5 rings (SSSR count). The summed E-state index contributed by atoms with van der Waals surface area (Å²) in [6, 6.07) is 16.7. The number of amides is 3. The van der Waals surface area contributed by atoms with Gasteiger partial charge in [-0.25, -0.2) is 4.68 Å². The van der Waals surface area contributed by atoms with Crippen molar-refractivity contribution >= 4 is 40.1 Å². The number of rotatable bonds is 8. The topological polar surface area (TPSA) is 150 Å². The number of nitrogens with one attached hydrogen (secondary N) is 2. The molecule has 3 amide bonds. The van der Waals surface area contributed by atoms with Crippen molar-refractivity contribution < 1.29 is 24.6 Å². The fourth-order valence-electron chi connectivity index (χ4n) is 5.06. The molecule has 1 saturated carbocycles. The Balaban J connectivity index is 1.58. The summed E-state index contributed by atoms with van der Waals surface area (Å²) in [5.74, 6) is -1.87. The van der Waals surface area contributed by atoms with Crippen molar-refractivity contribution in [3.05, 3.63) is 72.3 Å². The molecule has 1 aromatic heterocycles. The van der Waals surface area contributed by atoms with E-state index in [-0.39, 0.29) is 24.2 Å². The third-order valence-electron chi connectivity index (χ3n) is 6.96. The van der Waals surface area contributed by atoms with Crippen molar-refractivity contribution in [3.63, 3.8) is 0 Å². The molecular formula is C29H30N6O5. The van der Waals surface area contributed by atoms with Crippen LogP contribution in [0.5, 0.6) is 11.5 Å². The summed E-state index contributed by atoms with van der Waals surface area (Å²) in [5, 5.41) is 34.3. The number of hydrogen-bond donors (Lipinski definition) is 4. The molecule has 1 aliphatic rings. The Kier molecular flexibility index (Phi) is 7.63. The number of benzene rings is 3. The van der Waals surface area contributed by atoms with E-state index in [9.17, 15) is 24.6 Å². The Hall–Kier alpha value is -4.93. The zero-order chi connectivity index (χ0) is 28.2. The number of aromatic nitrogens is 3. The van der Waals surface area contributed by atoms with Crippen molar-refractivity contribution in [2.75, 3.05) is 10.2 Å². The Morgan fingerprint density at radius 1 is 1.00 bits per heavy atom. The fraction of sp³-hybridized carbons (Fsp3) is 0.276. The highest BCUT2D eigenvalue weighted by molar-refractivity contribution is 6.02. The second-order valence-corrected chi connectivity index (χ2v) is 9.87. The first-order chi connectivity index (χ1) is 19.3. The van der Waals surface area contributed by atoms with Gasteiger partial charge in [-0.15, -0.1) is 5.10 Å². The summed E-state index contributed by atoms with van der Waals surface area (Å²) in [6.07, 6.45) is 3.68. The molecule has 4 N–H and O–H groups in total. The van der Waals surface area contributed by atoms with Crippen molar-refractivity contribution in [1.29, 1.82) is 0 Å². The van der Waals surface area contributed by atoms with Crippen LogP contribution in [0, 0.1) is 0 Å². The molecule has 206 valence electrons. The normalized spacial score (nSPS) is 14.1. The van der Waals surface area contributed by atoms with Gasteiger partial charge in [-0.05, 0) is 66.9 Å². The minimum atomic E-state index is -1.18. The number of para-hydroxylation sites is 1. The minimum absolute atomic E-state index is 0.0286. The molecule has 0 unspecified atom stereocenters. The van der Waals surface area contributed by atoms with Crippen molar-refractivity contribution in [3.8, 4) is 11.5 Å². The number of hydrogen-bond acceptors (Lipinski definition) is 7. The maximum atomic E-state index is 14.1.